The van der Waals surface area contributed by atoms with E-state index >= 15 is 0 Å². The van der Waals surface area contributed by atoms with Crippen molar-refractivity contribution in [3.63, 3.8) is 0 Å². The van der Waals surface area contributed by atoms with E-state index in [2.05, 4.69) is 15.6 Å². The lowest BCUT2D eigenvalue weighted by atomic mass is 10.1. The Kier molecular flexibility index (Phi) is 5.40. The number of aromatic nitrogens is 1. The van der Waals surface area contributed by atoms with Gasteiger partial charge in [0.2, 0.25) is 5.91 Å². The molecule has 0 saturated carbocycles. The number of hydrogen-bond acceptors (Lipinski definition) is 4. The molecule has 2 amide bonds. The van der Waals surface area contributed by atoms with Crippen molar-refractivity contribution in [2.45, 2.75) is 19.4 Å². The predicted octanol–water partition coefficient (Wildman–Crippen LogP) is 2.90. The van der Waals surface area contributed by atoms with Gasteiger partial charge in [0.25, 0.3) is 5.91 Å². The molecule has 0 radical (unpaired) electrons. The summed E-state index contributed by atoms with van der Waals surface area (Å²) in [7, 11) is 1.60. The molecular formula is C19H19N3O2S. The minimum atomic E-state index is -0.119. The number of amides is 2. The molecule has 0 fully saturated rings. The lowest BCUT2D eigenvalue weighted by Gasteiger charge is -2.06. The number of fused-ring (bicyclic) bond motifs is 1. The minimum Gasteiger partial charge on any atom is -0.355 e. The van der Waals surface area contributed by atoms with Gasteiger partial charge in [-0.2, -0.15) is 0 Å². The van der Waals surface area contributed by atoms with Gasteiger partial charge in [0, 0.05) is 32.0 Å². The van der Waals surface area contributed by atoms with Crippen molar-refractivity contribution in [2.75, 3.05) is 7.05 Å². The van der Waals surface area contributed by atoms with E-state index in [0.29, 0.717) is 24.9 Å². The van der Waals surface area contributed by atoms with Crippen LogP contribution in [-0.2, 0) is 17.8 Å². The molecule has 0 aliphatic carbocycles. The summed E-state index contributed by atoms with van der Waals surface area (Å²) in [6.07, 6.45) is 1.05. The monoisotopic (exact) mass is 353 g/mol. The van der Waals surface area contributed by atoms with Gasteiger partial charge in [0.1, 0.15) is 0 Å². The molecule has 0 bridgehead atoms. The lowest BCUT2D eigenvalue weighted by molar-refractivity contribution is -0.121. The molecule has 3 rings (SSSR count). The summed E-state index contributed by atoms with van der Waals surface area (Å²) in [5.41, 5.74) is 2.55. The molecule has 5 nitrogen and oxygen atoms in total. The first-order valence-corrected chi connectivity index (χ1v) is 8.89. The van der Waals surface area contributed by atoms with Gasteiger partial charge in [0.05, 0.1) is 15.2 Å². The molecule has 0 saturated heterocycles. The van der Waals surface area contributed by atoms with Gasteiger partial charge < -0.3 is 10.6 Å². The molecule has 1 aromatic heterocycles. The molecular weight excluding hydrogens is 334 g/mol. The number of benzene rings is 2. The summed E-state index contributed by atoms with van der Waals surface area (Å²) in [6.45, 7) is 0.451. The van der Waals surface area contributed by atoms with Crippen LogP contribution >= 0.6 is 11.3 Å². The van der Waals surface area contributed by atoms with Gasteiger partial charge in [-0.05, 0) is 29.8 Å². The Morgan fingerprint density at radius 1 is 1.08 bits per heavy atom. The quantitative estimate of drug-likeness (QED) is 0.716. The van der Waals surface area contributed by atoms with Crippen LogP contribution in [0.15, 0.2) is 48.5 Å². The van der Waals surface area contributed by atoms with E-state index in [0.717, 1.165) is 20.8 Å². The fourth-order valence-electron chi connectivity index (χ4n) is 2.45. The van der Waals surface area contributed by atoms with Crippen molar-refractivity contribution in [3.8, 4) is 0 Å². The van der Waals surface area contributed by atoms with Crippen LogP contribution in [0, 0.1) is 0 Å². The van der Waals surface area contributed by atoms with Crippen LogP contribution in [0.1, 0.15) is 27.3 Å². The molecule has 0 spiro atoms. The van der Waals surface area contributed by atoms with Gasteiger partial charge >= 0.3 is 0 Å². The highest BCUT2D eigenvalue weighted by molar-refractivity contribution is 7.18. The maximum absolute atomic E-state index is 12.0. The van der Waals surface area contributed by atoms with Crippen LogP contribution in [0.4, 0.5) is 0 Å². The summed E-state index contributed by atoms with van der Waals surface area (Å²) in [4.78, 5) is 28.1. The van der Waals surface area contributed by atoms with Crippen molar-refractivity contribution in [1.29, 1.82) is 0 Å². The highest BCUT2D eigenvalue weighted by atomic mass is 32.1. The molecule has 6 heteroatoms. The number of nitrogens with one attached hydrogen (secondary N) is 2. The second-order valence-corrected chi connectivity index (χ2v) is 6.74. The van der Waals surface area contributed by atoms with E-state index < -0.39 is 0 Å². The van der Waals surface area contributed by atoms with Crippen LogP contribution in [0.5, 0.6) is 0 Å². The van der Waals surface area contributed by atoms with E-state index in [1.54, 1.807) is 30.5 Å². The van der Waals surface area contributed by atoms with E-state index in [9.17, 15) is 9.59 Å². The van der Waals surface area contributed by atoms with Crippen LogP contribution in [0.3, 0.4) is 0 Å². The Morgan fingerprint density at radius 3 is 2.56 bits per heavy atom. The Morgan fingerprint density at radius 2 is 1.84 bits per heavy atom. The number of hydrogen-bond donors (Lipinski definition) is 2. The first-order chi connectivity index (χ1) is 12.2. The first kappa shape index (κ1) is 17.1. The van der Waals surface area contributed by atoms with Crippen LogP contribution in [-0.4, -0.2) is 23.8 Å². The summed E-state index contributed by atoms with van der Waals surface area (Å²) < 4.78 is 1.15. The van der Waals surface area contributed by atoms with Crippen molar-refractivity contribution in [2.24, 2.45) is 0 Å². The average molecular weight is 353 g/mol. The molecule has 1 heterocycles. The van der Waals surface area contributed by atoms with Gasteiger partial charge in [0.15, 0.2) is 0 Å². The molecule has 0 aliphatic heterocycles. The van der Waals surface area contributed by atoms with Crippen LogP contribution in [0.25, 0.3) is 10.2 Å². The molecule has 2 N–H and O–H groups in total. The Bertz CT molecular complexity index is 854. The number of carbonyl (C=O) groups excluding carboxylic acids is 2. The zero-order chi connectivity index (χ0) is 17.6. The number of aryl methyl sites for hydroxylation is 1. The Balaban J connectivity index is 1.48. The highest BCUT2D eigenvalue weighted by Crippen LogP contribution is 2.22. The highest BCUT2D eigenvalue weighted by Gasteiger charge is 2.07. The topological polar surface area (TPSA) is 71.1 Å². The second kappa shape index (κ2) is 7.90. The van der Waals surface area contributed by atoms with Crippen molar-refractivity contribution in [1.82, 2.24) is 15.6 Å². The van der Waals surface area contributed by atoms with E-state index in [1.165, 1.54) is 0 Å². The fourth-order valence-corrected chi connectivity index (χ4v) is 3.42. The molecule has 0 atom stereocenters. The first-order valence-electron chi connectivity index (χ1n) is 8.08. The molecule has 128 valence electrons. The maximum Gasteiger partial charge on any atom is 0.251 e. The van der Waals surface area contributed by atoms with Crippen molar-refractivity contribution < 1.29 is 9.59 Å². The molecule has 2 aromatic carbocycles. The number of para-hydroxylation sites is 1. The molecule has 0 unspecified atom stereocenters. The predicted molar refractivity (Wildman–Crippen MR) is 99.6 cm³/mol. The SMILES string of the molecule is CNC(=O)c1ccc(CNC(=O)CCc2nc3ccccc3s2)cc1. The standard InChI is InChI=1S/C19H19N3O2S/c1-20-19(24)14-8-6-13(7-9-14)12-21-17(23)10-11-18-22-15-4-2-3-5-16(15)25-18/h2-9H,10-12H2,1H3,(H,20,24)(H,21,23). The van der Waals surface area contributed by atoms with E-state index in [1.807, 2.05) is 36.4 Å². The third-order valence-electron chi connectivity index (χ3n) is 3.84. The summed E-state index contributed by atoms with van der Waals surface area (Å²) >= 11 is 1.63. The zero-order valence-corrected chi connectivity index (χ0v) is 14.7. The third-order valence-corrected chi connectivity index (χ3v) is 4.93. The Labute approximate surface area is 150 Å². The number of thiazole rings is 1. The number of carbonyl (C=O) groups is 2. The van der Waals surface area contributed by atoms with Gasteiger partial charge in [-0.1, -0.05) is 24.3 Å². The van der Waals surface area contributed by atoms with Crippen molar-refractivity contribution in [3.05, 3.63) is 64.7 Å². The molecule has 25 heavy (non-hydrogen) atoms. The number of rotatable bonds is 6. The lowest BCUT2D eigenvalue weighted by Crippen LogP contribution is -2.23. The molecule has 0 aliphatic rings. The smallest absolute Gasteiger partial charge is 0.251 e. The largest absolute Gasteiger partial charge is 0.355 e. The van der Waals surface area contributed by atoms with E-state index in [-0.39, 0.29) is 11.8 Å². The Hall–Kier alpha value is -2.73. The number of nitrogens with zero attached hydrogens (tertiary/aromatic N) is 1. The average Bonchev–Trinajstić information content (AvgIpc) is 3.07. The summed E-state index contributed by atoms with van der Waals surface area (Å²) in [5, 5.41) is 6.46. The maximum atomic E-state index is 12.0. The van der Waals surface area contributed by atoms with Gasteiger partial charge in [-0.15, -0.1) is 11.3 Å². The summed E-state index contributed by atoms with van der Waals surface area (Å²) in [5.74, 6) is -0.124. The third kappa shape index (κ3) is 4.42. The fraction of sp³-hybridized carbons (Fsp3) is 0.211. The van der Waals surface area contributed by atoms with Gasteiger partial charge in [-0.25, -0.2) is 4.98 Å². The van der Waals surface area contributed by atoms with Crippen LogP contribution in [0.2, 0.25) is 0 Å². The van der Waals surface area contributed by atoms with E-state index in [4.69, 9.17) is 0 Å². The van der Waals surface area contributed by atoms with Gasteiger partial charge in [-0.3, -0.25) is 9.59 Å². The summed E-state index contributed by atoms with van der Waals surface area (Å²) in [6, 6.07) is 15.2. The minimum absolute atomic E-state index is 0.00497. The van der Waals surface area contributed by atoms with Crippen LogP contribution < -0.4 is 10.6 Å². The zero-order valence-electron chi connectivity index (χ0n) is 13.9. The van der Waals surface area contributed by atoms with Crippen molar-refractivity contribution >= 4 is 33.4 Å². The molecule has 3 aromatic rings. The normalized spacial score (nSPS) is 10.6. The second-order valence-electron chi connectivity index (χ2n) is 5.63.